The maximum atomic E-state index is 12.2. The zero-order valence-corrected chi connectivity index (χ0v) is 12.7. The molecule has 0 aromatic heterocycles. The van der Waals surface area contributed by atoms with Gasteiger partial charge in [-0.15, -0.1) is 0 Å². The second-order valence-corrected chi connectivity index (χ2v) is 5.69. The molecule has 2 amide bonds. The van der Waals surface area contributed by atoms with Crippen LogP contribution in [0, 0.1) is 5.92 Å². The second kappa shape index (κ2) is 6.22. The lowest BCUT2D eigenvalue weighted by molar-refractivity contribution is -0.141. The third-order valence-corrected chi connectivity index (χ3v) is 3.74. The van der Waals surface area contributed by atoms with Crippen LogP contribution in [-0.4, -0.2) is 49.2 Å². The number of hydrogen-bond donors (Lipinski definition) is 2. The van der Waals surface area contributed by atoms with E-state index in [2.05, 4.69) is 5.32 Å². The summed E-state index contributed by atoms with van der Waals surface area (Å²) in [6.45, 7) is 0.680. The van der Waals surface area contributed by atoms with E-state index >= 15 is 0 Å². The van der Waals surface area contributed by atoms with Gasteiger partial charge in [-0.05, 0) is 24.6 Å². The molecule has 1 aromatic carbocycles. The number of anilines is 2. The highest BCUT2D eigenvalue weighted by atomic mass is 35.5. The summed E-state index contributed by atoms with van der Waals surface area (Å²) in [4.78, 5) is 26.5. The number of rotatable bonds is 3. The van der Waals surface area contributed by atoms with Gasteiger partial charge in [-0.1, -0.05) is 11.6 Å². The molecular weight excluding hydrogens is 294 g/mol. The predicted molar refractivity (Wildman–Crippen MR) is 82.1 cm³/mol. The molecule has 0 saturated carbocycles. The summed E-state index contributed by atoms with van der Waals surface area (Å²) in [6, 6.07) is 4.95. The zero-order valence-electron chi connectivity index (χ0n) is 12.0. The molecule has 0 radical (unpaired) electrons. The summed E-state index contributed by atoms with van der Waals surface area (Å²) in [5, 5.41) is 12.3. The Morgan fingerprint density at radius 3 is 2.71 bits per heavy atom. The maximum absolute atomic E-state index is 12.2. The number of carbonyl (C=O) groups is 2. The van der Waals surface area contributed by atoms with E-state index in [1.165, 1.54) is 4.90 Å². The maximum Gasteiger partial charge on any atom is 0.321 e. The number of amides is 2. The lowest BCUT2D eigenvalue weighted by Crippen LogP contribution is -2.34. The molecule has 6 nitrogen and oxygen atoms in total. The van der Waals surface area contributed by atoms with Gasteiger partial charge in [0.2, 0.25) is 0 Å². The van der Waals surface area contributed by atoms with Gasteiger partial charge in [0.05, 0.1) is 17.3 Å². The number of nitrogens with one attached hydrogen (secondary N) is 1. The Labute approximate surface area is 128 Å². The van der Waals surface area contributed by atoms with E-state index in [1.807, 2.05) is 25.1 Å². The van der Waals surface area contributed by atoms with E-state index in [-0.39, 0.29) is 12.6 Å². The summed E-state index contributed by atoms with van der Waals surface area (Å²) < 4.78 is 0. The molecule has 2 rings (SSSR count). The summed E-state index contributed by atoms with van der Waals surface area (Å²) in [6.07, 6.45) is 0.485. The van der Waals surface area contributed by atoms with Crippen molar-refractivity contribution in [1.82, 2.24) is 4.90 Å². The largest absolute Gasteiger partial charge is 0.481 e. The van der Waals surface area contributed by atoms with Crippen LogP contribution < -0.4 is 10.2 Å². The number of benzene rings is 1. The molecule has 21 heavy (non-hydrogen) atoms. The van der Waals surface area contributed by atoms with Gasteiger partial charge in [0.15, 0.2) is 0 Å². The first-order chi connectivity index (χ1) is 9.88. The van der Waals surface area contributed by atoms with Crippen molar-refractivity contribution in [2.24, 2.45) is 5.92 Å². The van der Waals surface area contributed by atoms with E-state index in [4.69, 9.17) is 16.7 Å². The minimum atomic E-state index is -0.859. The molecule has 1 aliphatic heterocycles. The molecule has 1 fully saturated rings. The minimum Gasteiger partial charge on any atom is -0.481 e. The monoisotopic (exact) mass is 311 g/mol. The van der Waals surface area contributed by atoms with Gasteiger partial charge in [0.25, 0.3) is 0 Å². The Balaban J connectivity index is 2.10. The average Bonchev–Trinajstić information content (AvgIpc) is 2.88. The van der Waals surface area contributed by atoms with Gasteiger partial charge in [-0.25, -0.2) is 4.79 Å². The molecule has 0 aliphatic carbocycles. The van der Waals surface area contributed by atoms with Gasteiger partial charge in [-0.2, -0.15) is 0 Å². The first-order valence-electron chi connectivity index (χ1n) is 6.64. The highest BCUT2D eigenvalue weighted by Crippen LogP contribution is 2.28. The van der Waals surface area contributed by atoms with Crippen LogP contribution in [0.3, 0.4) is 0 Å². The Morgan fingerprint density at radius 1 is 1.43 bits per heavy atom. The standard InChI is InChI=1S/C14H18ClN3O3/c1-17(2)12-4-3-10(15)7-11(12)16-14(21)18-6-5-9(8-18)13(19)20/h3-4,7,9H,5-6,8H2,1-2H3,(H,16,21)(H,19,20). The molecular formula is C14H18ClN3O3. The Kier molecular flexibility index (Phi) is 4.57. The van der Waals surface area contributed by atoms with Crippen molar-refractivity contribution in [1.29, 1.82) is 0 Å². The first kappa shape index (κ1) is 15.4. The van der Waals surface area contributed by atoms with E-state index in [9.17, 15) is 9.59 Å². The number of hydrogen-bond acceptors (Lipinski definition) is 3. The number of aliphatic carboxylic acids is 1. The highest BCUT2D eigenvalue weighted by Gasteiger charge is 2.31. The topological polar surface area (TPSA) is 72.9 Å². The summed E-state index contributed by atoms with van der Waals surface area (Å²) >= 11 is 5.97. The fourth-order valence-corrected chi connectivity index (χ4v) is 2.51. The second-order valence-electron chi connectivity index (χ2n) is 5.26. The summed E-state index contributed by atoms with van der Waals surface area (Å²) in [7, 11) is 3.74. The van der Waals surface area contributed by atoms with Crippen LogP contribution in [0.1, 0.15) is 6.42 Å². The average molecular weight is 312 g/mol. The number of halogens is 1. The van der Waals surface area contributed by atoms with Gasteiger partial charge >= 0.3 is 12.0 Å². The van der Waals surface area contributed by atoms with Crippen LogP contribution in [0.15, 0.2) is 18.2 Å². The van der Waals surface area contributed by atoms with Crippen LogP contribution in [0.2, 0.25) is 5.02 Å². The Bertz CT molecular complexity index is 562. The van der Waals surface area contributed by atoms with E-state index in [0.29, 0.717) is 23.7 Å². The Hall–Kier alpha value is -1.95. The molecule has 1 aromatic rings. The van der Waals surface area contributed by atoms with Crippen molar-refractivity contribution in [2.75, 3.05) is 37.4 Å². The van der Waals surface area contributed by atoms with Crippen molar-refractivity contribution in [3.05, 3.63) is 23.2 Å². The number of carboxylic acids is 1. The SMILES string of the molecule is CN(C)c1ccc(Cl)cc1NC(=O)N1CCC(C(=O)O)C1. The fraction of sp³-hybridized carbons (Fsp3) is 0.429. The molecule has 0 spiro atoms. The third kappa shape index (κ3) is 3.58. The number of carboxylic acid groups (broad SMARTS) is 1. The van der Waals surface area contributed by atoms with Crippen molar-refractivity contribution >= 4 is 35.0 Å². The fourth-order valence-electron chi connectivity index (χ4n) is 2.34. The van der Waals surface area contributed by atoms with Crippen molar-refractivity contribution in [2.45, 2.75) is 6.42 Å². The molecule has 1 aliphatic rings. The van der Waals surface area contributed by atoms with Crippen LogP contribution in [0.4, 0.5) is 16.2 Å². The zero-order chi connectivity index (χ0) is 15.6. The summed E-state index contributed by atoms with van der Waals surface area (Å²) in [5.41, 5.74) is 1.44. The number of nitrogens with zero attached hydrogens (tertiary/aromatic N) is 2. The number of urea groups is 1. The van der Waals surface area contributed by atoms with Crippen LogP contribution in [0.25, 0.3) is 0 Å². The van der Waals surface area contributed by atoms with E-state index in [0.717, 1.165) is 5.69 Å². The van der Waals surface area contributed by atoms with Gasteiger partial charge in [0.1, 0.15) is 0 Å². The van der Waals surface area contributed by atoms with Crippen LogP contribution in [0.5, 0.6) is 0 Å². The van der Waals surface area contributed by atoms with E-state index in [1.54, 1.807) is 12.1 Å². The van der Waals surface area contributed by atoms with Crippen molar-refractivity contribution < 1.29 is 14.7 Å². The quantitative estimate of drug-likeness (QED) is 0.898. The normalized spacial score (nSPS) is 17.7. The molecule has 1 saturated heterocycles. The van der Waals surface area contributed by atoms with Crippen molar-refractivity contribution in [3.63, 3.8) is 0 Å². The molecule has 2 N–H and O–H groups in total. The van der Waals surface area contributed by atoms with Gasteiger partial charge < -0.3 is 20.2 Å². The lowest BCUT2D eigenvalue weighted by Gasteiger charge is -2.21. The summed E-state index contributed by atoms with van der Waals surface area (Å²) in [5.74, 6) is -1.34. The van der Waals surface area contributed by atoms with Gasteiger partial charge in [0, 0.05) is 32.2 Å². The van der Waals surface area contributed by atoms with Gasteiger partial charge in [-0.3, -0.25) is 4.79 Å². The minimum absolute atomic E-state index is 0.235. The molecule has 7 heteroatoms. The van der Waals surface area contributed by atoms with E-state index < -0.39 is 11.9 Å². The molecule has 1 unspecified atom stereocenters. The van der Waals surface area contributed by atoms with Crippen LogP contribution in [-0.2, 0) is 4.79 Å². The smallest absolute Gasteiger partial charge is 0.321 e. The number of carbonyl (C=O) groups excluding carboxylic acids is 1. The molecule has 1 heterocycles. The lowest BCUT2D eigenvalue weighted by atomic mass is 10.1. The first-order valence-corrected chi connectivity index (χ1v) is 7.02. The molecule has 114 valence electrons. The predicted octanol–water partition coefficient (Wildman–Crippen LogP) is 2.34. The highest BCUT2D eigenvalue weighted by molar-refractivity contribution is 6.31. The van der Waals surface area contributed by atoms with Crippen LogP contribution >= 0.6 is 11.6 Å². The van der Waals surface area contributed by atoms with Crippen molar-refractivity contribution in [3.8, 4) is 0 Å². The number of likely N-dealkylation sites (tertiary alicyclic amines) is 1. The Morgan fingerprint density at radius 2 is 2.14 bits per heavy atom. The third-order valence-electron chi connectivity index (χ3n) is 3.51. The molecule has 1 atom stereocenters. The molecule has 0 bridgehead atoms.